The monoisotopic (exact) mass is 283 g/mol. The SMILES string of the molecule is CS(=O)(=O)[C@@H]1CCC[C@H](NC[C@@H]2C[C@H]3C=C[C@H]2C3)C1. The second-order valence-electron chi connectivity index (χ2n) is 6.76. The molecule has 0 radical (unpaired) electrons. The van der Waals surface area contributed by atoms with Gasteiger partial charge >= 0.3 is 0 Å². The summed E-state index contributed by atoms with van der Waals surface area (Å²) in [6, 6.07) is 0.414. The normalized spacial score (nSPS) is 41.8. The van der Waals surface area contributed by atoms with Gasteiger partial charge in [-0.2, -0.15) is 0 Å². The van der Waals surface area contributed by atoms with Crippen LogP contribution in [0.25, 0.3) is 0 Å². The van der Waals surface area contributed by atoms with Crippen LogP contribution in [0.1, 0.15) is 38.5 Å². The fourth-order valence-electron chi connectivity index (χ4n) is 4.17. The molecule has 0 saturated heterocycles. The lowest BCUT2D eigenvalue weighted by molar-refractivity contribution is 0.328. The van der Waals surface area contributed by atoms with Gasteiger partial charge in [0.05, 0.1) is 5.25 Å². The number of allylic oxidation sites excluding steroid dienone is 2. The van der Waals surface area contributed by atoms with E-state index in [0.29, 0.717) is 6.04 Å². The molecule has 0 aliphatic heterocycles. The van der Waals surface area contributed by atoms with Gasteiger partial charge in [-0.05, 0) is 56.4 Å². The van der Waals surface area contributed by atoms with Crippen molar-refractivity contribution < 1.29 is 8.42 Å². The lowest BCUT2D eigenvalue weighted by atomic mass is 9.91. The molecule has 2 bridgehead atoms. The van der Waals surface area contributed by atoms with E-state index in [2.05, 4.69) is 17.5 Å². The van der Waals surface area contributed by atoms with Crippen LogP contribution in [-0.4, -0.2) is 32.5 Å². The summed E-state index contributed by atoms with van der Waals surface area (Å²) in [5, 5.41) is 3.54. The van der Waals surface area contributed by atoms with E-state index < -0.39 is 9.84 Å². The average Bonchev–Trinajstić information content (AvgIpc) is 2.98. The molecule has 0 aromatic heterocycles. The molecule has 0 aromatic rings. The van der Waals surface area contributed by atoms with Crippen molar-refractivity contribution in [2.45, 2.75) is 49.8 Å². The average molecular weight is 283 g/mol. The van der Waals surface area contributed by atoms with Gasteiger partial charge in [0.25, 0.3) is 0 Å². The molecule has 4 heteroatoms. The minimum Gasteiger partial charge on any atom is -0.314 e. The molecule has 0 spiro atoms. The molecule has 5 atom stereocenters. The highest BCUT2D eigenvalue weighted by Crippen LogP contribution is 2.43. The van der Waals surface area contributed by atoms with Crippen LogP contribution in [0.5, 0.6) is 0 Å². The van der Waals surface area contributed by atoms with Crippen molar-refractivity contribution in [3.05, 3.63) is 12.2 Å². The molecular formula is C15H25NO2S. The minimum absolute atomic E-state index is 0.112. The van der Waals surface area contributed by atoms with Crippen molar-refractivity contribution in [3.8, 4) is 0 Å². The molecule has 3 aliphatic rings. The van der Waals surface area contributed by atoms with Crippen molar-refractivity contribution >= 4 is 9.84 Å². The maximum Gasteiger partial charge on any atom is 0.150 e. The van der Waals surface area contributed by atoms with E-state index in [1.165, 1.54) is 19.1 Å². The highest BCUT2D eigenvalue weighted by Gasteiger charge is 2.36. The van der Waals surface area contributed by atoms with Crippen LogP contribution >= 0.6 is 0 Å². The third-order valence-corrected chi connectivity index (χ3v) is 6.96. The van der Waals surface area contributed by atoms with Gasteiger partial charge in [0, 0.05) is 12.3 Å². The number of sulfone groups is 1. The lowest BCUT2D eigenvalue weighted by Crippen LogP contribution is -2.41. The Balaban J connectivity index is 1.49. The van der Waals surface area contributed by atoms with Crippen LogP contribution < -0.4 is 5.32 Å². The Morgan fingerprint density at radius 1 is 1.16 bits per heavy atom. The summed E-state index contributed by atoms with van der Waals surface area (Å²) in [5.74, 6) is 2.40. The fraction of sp³-hybridized carbons (Fsp3) is 0.867. The highest BCUT2D eigenvalue weighted by atomic mass is 32.2. The number of hydrogen-bond acceptors (Lipinski definition) is 3. The first-order valence-electron chi connectivity index (χ1n) is 7.63. The summed E-state index contributed by atoms with van der Waals surface area (Å²) in [6.45, 7) is 1.08. The van der Waals surface area contributed by atoms with E-state index in [-0.39, 0.29) is 5.25 Å². The van der Waals surface area contributed by atoms with Gasteiger partial charge in [-0.1, -0.05) is 18.6 Å². The van der Waals surface area contributed by atoms with Crippen LogP contribution in [0.15, 0.2) is 12.2 Å². The second-order valence-corrected chi connectivity index (χ2v) is 9.09. The predicted molar refractivity (Wildman–Crippen MR) is 77.7 cm³/mol. The van der Waals surface area contributed by atoms with Crippen molar-refractivity contribution in [1.82, 2.24) is 5.32 Å². The molecule has 0 unspecified atom stereocenters. The van der Waals surface area contributed by atoms with E-state index in [1.807, 2.05) is 0 Å². The number of fused-ring (bicyclic) bond motifs is 2. The van der Waals surface area contributed by atoms with Gasteiger partial charge in [-0.25, -0.2) is 8.42 Å². The Morgan fingerprint density at radius 2 is 2.00 bits per heavy atom. The molecule has 2 saturated carbocycles. The number of hydrogen-bond donors (Lipinski definition) is 1. The zero-order valence-electron chi connectivity index (χ0n) is 11.7. The molecule has 0 heterocycles. The first-order chi connectivity index (χ1) is 9.02. The summed E-state index contributed by atoms with van der Waals surface area (Å²) >= 11 is 0. The molecule has 0 amide bonds. The molecule has 3 nitrogen and oxygen atoms in total. The van der Waals surface area contributed by atoms with Crippen molar-refractivity contribution in [1.29, 1.82) is 0 Å². The van der Waals surface area contributed by atoms with Crippen LogP contribution in [-0.2, 0) is 9.84 Å². The summed E-state index contributed by atoms with van der Waals surface area (Å²) < 4.78 is 23.3. The molecule has 2 fully saturated rings. The van der Waals surface area contributed by atoms with Gasteiger partial charge in [0.1, 0.15) is 9.84 Å². The zero-order valence-corrected chi connectivity index (χ0v) is 12.5. The van der Waals surface area contributed by atoms with Crippen LogP contribution in [0.4, 0.5) is 0 Å². The third kappa shape index (κ3) is 3.05. The van der Waals surface area contributed by atoms with Crippen molar-refractivity contribution in [2.24, 2.45) is 17.8 Å². The summed E-state index contributed by atoms with van der Waals surface area (Å²) in [4.78, 5) is 0. The molecule has 19 heavy (non-hydrogen) atoms. The molecule has 0 aromatic carbocycles. The third-order valence-electron chi connectivity index (χ3n) is 5.32. The van der Waals surface area contributed by atoms with Gasteiger partial charge in [-0.15, -0.1) is 0 Å². The maximum absolute atomic E-state index is 11.7. The Morgan fingerprint density at radius 3 is 2.63 bits per heavy atom. The number of nitrogens with one attached hydrogen (secondary N) is 1. The van der Waals surface area contributed by atoms with E-state index in [1.54, 1.807) is 0 Å². The van der Waals surface area contributed by atoms with Gasteiger partial charge in [-0.3, -0.25) is 0 Å². The Kier molecular flexibility index (Phi) is 3.73. The zero-order chi connectivity index (χ0) is 13.5. The molecular weight excluding hydrogens is 258 g/mol. The topological polar surface area (TPSA) is 46.2 Å². The first kappa shape index (κ1) is 13.6. The maximum atomic E-state index is 11.7. The Labute approximate surface area is 116 Å². The number of rotatable bonds is 4. The van der Waals surface area contributed by atoms with E-state index in [0.717, 1.165) is 50.0 Å². The van der Waals surface area contributed by atoms with E-state index in [9.17, 15) is 8.42 Å². The fourth-order valence-corrected chi connectivity index (χ4v) is 5.34. The van der Waals surface area contributed by atoms with Crippen molar-refractivity contribution in [3.63, 3.8) is 0 Å². The highest BCUT2D eigenvalue weighted by molar-refractivity contribution is 7.91. The molecule has 3 aliphatic carbocycles. The Bertz CT molecular complexity index is 457. The van der Waals surface area contributed by atoms with Crippen LogP contribution in [0, 0.1) is 17.8 Å². The first-order valence-corrected chi connectivity index (χ1v) is 9.58. The summed E-state index contributed by atoms with van der Waals surface area (Å²) in [5.41, 5.74) is 0. The minimum atomic E-state index is -2.86. The Hall–Kier alpha value is -0.350. The predicted octanol–water partition coefficient (Wildman–Crippen LogP) is 2.14. The molecule has 3 rings (SSSR count). The van der Waals surface area contributed by atoms with Crippen LogP contribution in [0.2, 0.25) is 0 Å². The van der Waals surface area contributed by atoms with Gasteiger partial charge in [0.2, 0.25) is 0 Å². The van der Waals surface area contributed by atoms with Crippen LogP contribution in [0.3, 0.4) is 0 Å². The largest absolute Gasteiger partial charge is 0.314 e. The van der Waals surface area contributed by atoms with E-state index in [4.69, 9.17) is 0 Å². The summed E-state index contributed by atoms with van der Waals surface area (Å²) in [7, 11) is -2.86. The summed E-state index contributed by atoms with van der Waals surface area (Å²) in [6.07, 6.45) is 12.7. The second kappa shape index (κ2) is 5.21. The standard InChI is InChI=1S/C15H25NO2S/c1-19(17,18)15-4-2-3-14(9-15)16-10-13-8-11-5-6-12(13)7-11/h5-6,11-16H,2-4,7-10H2,1H3/t11-,12-,13-,14-,15+/m0/s1. The lowest BCUT2D eigenvalue weighted by Gasteiger charge is -2.30. The van der Waals surface area contributed by atoms with Gasteiger partial charge in [0.15, 0.2) is 0 Å². The molecule has 1 N–H and O–H groups in total. The van der Waals surface area contributed by atoms with Crippen molar-refractivity contribution in [2.75, 3.05) is 12.8 Å². The van der Waals surface area contributed by atoms with E-state index >= 15 is 0 Å². The van der Waals surface area contributed by atoms with Gasteiger partial charge < -0.3 is 5.32 Å². The quantitative estimate of drug-likeness (QED) is 0.804. The molecule has 108 valence electrons. The smallest absolute Gasteiger partial charge is 0.150 e.